The molecule has 3 aromatic rings. The van der Waals surface area contributed by atoms with Crippen molar-refractivity contribution in [3.63, 3.8) is 0 Å². The summed E-state index contributed by atoms with van der Waals surface area (Å²) in [6, 6.07) is 7.29. The van der Waals surface area contributed by atoms with Gasteiger partial charge in [0.1, 0.15) is 15.7 Å². The number of nitrogens with zero attached hydrogens (tertiary/aromatic N) is 2. The molecular formula is C21H24N4O2S. The van der Waals surface area contributed by atoms with Gasteiger partial charge >= 0.3 is 6.03 Å². The van der Waals surface area contributed by atoms with Crippen molar-refractivity contribution in [2.24, 2.45) is 5.92 Å². The average molecular weight is 397 g/mol. The van der Waals surface area contributed by atoms with E-state index in [1.807, 2.05) is 42.7 Å². The Morgan fingerprint density at radius 2 is 2.00 bits per heavy atom. The van der Waals surface area contributed by atoms with Crippen molar-refractivity contribution >= 4 is 38.3 Å². The lowest BCUT2D eigenvalue weighted by atomic mass is 10.0. The van der Waals surface area contributed by atoms with Crippen molar-refractivity contribution in [1.29, 1.82) is 0 Å². The third-order valence-corrected chi connectivity index (χ3v) is 6.56. The average Bonchev–Trinajstić information content (AvgIpc) is 2.83. The number of benzene rings is 1. The molecule has 0 radical (unpaired) electrons. The summed E-state index contributed by atoms with van der Waals surface area (Å²) in [5.41, 5.74) is 2.54. The van der Waals surface area contributed by atoms with E-state index in [-0.39, 0.29) is 11.6 Å². The quantitative estimate of drug-likeness (QED) is 0.660. The zero-order chi connectivity index (χ0) is 19.8. The van der Waals surface area contributed by atoms with Crippen LogP contribution in [0.4, 0.5) is 15.5 Å². The van der Waals surface area contributed by atoms with E-state index in [9.17, 15) is 9.59 Å². The number of thiophene rings is 1. The lowest BCUT2D eigenvalue weighted by molar-refractivity contribution is 0.262. The number of hydrogen-bond acceptors (Lipinski definition) is 4. The van der Waals surface area contributed by atoms with Gasteiger partial charge in [0.2, 0.25) is 0 Å². The molecule has 28 heavy (non-hydrogen) atoms. The predicted molar refractivity (Wildman–Crippen MR) is 115 cm³/mol. The number of carbonyl (C=O) groups is 1. The van der Waals surface area contributed by atoms with Gasteiger partial charge in [0.05, 0.1) is 5.39 Å². The fourth-order valence-electron chi connectivity index (χ4n) is 3.64. The van der Waals surface area contributed by atoms with Gasteiger partial charge in [-0.15, -0.1) is 0 Å². The Labute approximate surface area is 167 Å². The van der Waals surface area contributed by atoms with Crippen LogP contribution in [0, 0.1) is 19.8 Å². The summed E-state index contributed by atoms with van der Waals surface area (Å²) in [6.07, 6.45) is 2.86. The Morgan fingerprint density at radius 1 is 1.21 bits per heavy atom. The molecule has 0 fully saturated rings. The highest BCUT2D eigenvalue weighted by Gasteiger charge is 2.21. The molecule has 3 heterocycles. The van der Waals surface area contributed by atoms with E-state index in [2.05, 4.69) is 17.6 Å². The van der Waals surface area contributed by atoms with E-state index >= 15 is 0 Å². The number of aryl methyl sites for hydroxylation is 3. The van der Waals surface area contributed by atoms with E-state index in [4.69, 9.17) is 4.98 Å². The molecule has 0 saturated heterocycles. The first-order valence-electron chi connectivity index (χ1n) is 9.60. The third kappa shape index (κ3) is 3.42. The molecule has 7 heteroatoms. The van der Waals surface area contributed by atoms with Crippen LogP contribution in [0.2, 0.25) is 0 Å². The van der Waals surface area contributed by atoms with E-state index in [1.165, 1.54) is 11.3 Å². The summed E-state index contributed by atoms with van der Waals surface area (Å²) in [6.45, 7) is 6.75. The number of amides is 2. The number of para-hydroxylation sites is 1. The molecule has 0 aliphatic carbocycles. The van der Waals surface area contributed by atoms with Crippen LogP contribution < -0.4 is 16.2 Å². The summed E-state index contributed by atoms with van der Waals surface area (Å²) in [4.78, 5) is 31.0. The molecule has 0 bridgehead atoms. The van der Waals surface area contributed by atoms with Crippen molar-refractivity contribution in [3.8, 4) is 0 Å². The summed E-state index contributed by atoms with van der Waals surface area (Å²) in [7, 11) is 0. The summed E-state index contributed by atoms with van der Waals surface area (Å²) < 4.78 is 1.82. The van der Waals surface area contributed by atoms with Gasteiger partial charge in [-0.3, -0.25) is 14.7 Å². The fourth-order valence-corrected chi connectivity index (χ4v) is 4.72. The van der Waals surface area contributed by atoms with Crippen molar-refractivity contribution in [2.45, 2.75) is 46.6 Å². The summed E-state index contributed by atoms with van der Waals surface area (Å²) >= 11 is 1.37. The molecule has 6 nitrogen and oxygen atoms in total. The Kier molecular flexibility index (Phi) is 4.93. The zero-order valence-corrected chi connectivity index (χ0v) is 17.2. The molecule has 1 aromatic carbocycles. The van der Waals surface area contributed by atoms with Crippen LogP contribution in [-0.2, 0) is 13.0 Å². The van der Waals surface area contributed by atoms with Gasteiger partial charge in [-0.1, -0.05) is 36.5 Å². The normalized spacial score (nSPS) is 16.5. The molecule has 1 aliphatic heterocycles. The molecular weight excluding hydrogens is 372 g/mol. The fraction of sp³-hybridized carbons (Fsp3) is 0.381. The van der Waals surface area contributed by atoms with Gasteiger partial charge < -0.3 is 5.32 Å². The molecule has 0 spiro atoms. The van der Waals surface area contributed by atoms with Crippen LogP contribution in [-0.4, -0.2) is 15.6 Å². The molecule has 1 aliphatic rings. The minimum atomic E-state index is -0.320. The van der Waals surface area contributed by atoms with Gasteiger partial charge in [-0.2, -0.15) is 0 Å². The van der Waals surface area contributed by atoms with Crippen LogP contribution in [0.15, 0.2) is 29.1 Å². The first-order chi connectivity index (χ1) is 13.4. The maximum absolute atomic E-state index is 13.1. The van der Waals surface area contributed by atoms with Crippen molar-refractivity contribution in [2.75, 3.05) is 10.6 Å². The monoisotopic (exact) mass is 396 g/mol. The number of urea groups is 1. The summed E-state index contributed by atoms with van der Waals surface area (Å²) in [5.74, 6) is 1.46. The van der Waals surface area contributed by atoms with Crippen LogP contribution in [0.5, 0.6) is 0 Å². The Balaban J connectivity index is 1.65. The standard InChI is InChI=1S/C21H24N4O2S/c1-12-8-9-16-23-19-17(20(26)25(16)11-10-12)14(3)18(28-19)24-21(27)22-15-7-5-4-6-13(15)2/h4-7,12H,8-11H2,1-3H3,(H2,22,24,27)/t12-/m1/s1. The lowest BCUT2D eigenvalue weighted by Crippen LogP contribution is -2.24. The zero-order valence-electron chi connectivity index (χ0n) is 16.3. The SMILES string of the molecule is Cc1ccccc1NC(=O)Nc1sc2nc3n(c(=O)c2c1C)CC[C@H](C)CC3. The Morgan fingerprint density at radius 3 is 2.79 bits per heavy atom. The van der Waals surface area contributed by atoms with Gasteiger partial charge in [-0.25, -0.2) is 9.78 Å². The number of fused-ring (bicyclic) bond motifs is 2. The van der Waals surface area contributed by atoms with Gasteiger partial charge in [0.15, 0.2) is 0 Å². The second-order valence-electron chi connectivity index (χ2n) is 7.55. The smallest absolute Gasteiger partial charge is 0.307 e. The van der Waals surface area contributed by atoms with Crippen LogP contribution in [0.25, 0.3) is 10.2 Å². The minimum absolute atomic E-state index is 0.00946. The first-order valence-corrected chi connectivity index (χ1v) is 10.4. The highest BCUT2D eigenvalue weighted by atomic mass is 32.1. The molecule has 0 unspecified atom stereocenters. The van der Waals surface area contributed by atoms with E-state index < -0.39 is 0 Å². The largest absolute Gasteiger partial charge is 0.324 e. The minimum Gasteiger partial charge on any atom is -0.307 e. The van der Waals surface area contributed by atoms with Gasteiger partial charge in [0.25, 0.3) is 5.56 Å². The molecule has 4 rings (SSSR count). The van der Waals surface area contributed by atoms with E-state index in [0.29, 0.717) is 27.7 Å². The highest BCUT2D eigenvalue weighted by molar-refractivity contribution is 7.22. The second kappa shape index (κ2) is 7.39. The number of hydrogen-bond donors (Lipinski definition) is 2. The topological polar surface area (TPSA) is 76.0 Å². The van der Waals surface area contributed by atoms with E-state index in [1.54, 1.807) is 0 Å². The lowest BCUT2D eigenvalue weighted by Gasteiger charge is -2.09. The number of carbonyl (C=O) groups excluding carboxylic acids is 1. The predicted octanol–water partition coefficient (Wildman–Crippen LogP) is 4.69. The number of aromatic nitrogens is 2. The molecule has 1 atom stereocenters. The van der Waals surface area contributed by atoms with E-state index in [0.717, 1.165) is 41.9 Å². The van der Waals surface area contributed by atoms with Gasteiger partial charge in [-0.05, 0) is 49.8 Å². The number of rotatable bonds is 2. The van der Waals surface area contributed by atoms with Gasteiger partial charge in [0, 0.05) is 18.7 Å². The summed E-state index contributed by atoms with van der Waals surface area (Å²) in [5, 5.41) is 7.05. The number of anilines is 2. The maximum atomic E-state index is 13.1. The molecule has 2 amide bonds. The van der Waals surface area contributed by atoms with Crippen molar-refractivity contribution in [3.05, 3.63) is 51.6 Å². The number of nitrogens with one attached hydrogen (secondary N) is 2. The first kappa shape index (κ1) is 18.7. The molecule has 2 aromatic heterocycles. The van der Waals surface area contributed by atoms with Crippen molar-refractivity contribution < 1.29 is 4.79 Å². The van der Waals surface area contributed by atoms with Crippen LogP contribution in [0.1, 0.15) is 36.7 Å². The maximum Gasteiger partial charge on any atom is 0.324 e. The second-order valence-corrected chi connectivity index (χ2v) is 8.55. The van der Waals surface area contributed by atoms with Crippen LogP contribution in [0.3, 0.4) is 0 Å². The van der Waals surface area contributed by atoms with Crippen molar-refractivity contribution in [1.82, 2.24) is 9.55 Å². The van der Waals surface area contributed by atoms with Crippen LogP contribution >= 0.6 is 11.3 Å². The Bertz CT molecular complexity index is 1120. The Hall–Kier alpha value is -2.67. The highest BCUT2D eigenvalue weighted by Crippen LogP contribution is 2.33. The molecule has 146 valence electrons. The third-order valence-electron chi connectivity index (χ3n) is 5.46. The molecule has 2 N–H and O–H groups in total. The molecule has 0 saturated carbocycles.